The van der Waals surface area contributed by atoms with E-state index in [0.717, 1.165) is 33.8 Å². The smallest absolute Gasteiger partial charge is 0.374 e. The lowest BCUT2D eigenvalue weighted by molar-refractivity contribution is -0.138. The number of anilines is 1. The van der Waals surface area contributed by atoms with Crippen molar-refractivity contribution in [2.45, 2.75) is 12.2 Å². The number of aromatic amines is 1. The molecule has 3 nitrogen and oxygen atoms in total. The van der Waals surface area contributed by atoms with E-state index in [0.29, 0.717) is 5.65 Å². The Morgan fingerprint density at radius 2 is 1.63 bits per heavy atom. The maximum absolute atomic E-state index is 13.7. The highest BCUT2D eigenvalue weighted by atomic mass is 19.4. The van der Waals surface area contributed by atoms with Crippen molar-refractivity contribution >= 4 is 16.7 Å². The number of hydrogen-bond acceptors (Lipinski definition) is 2. The van der Waals surface area contributed by atoms with Crippen molar-refractivity contribution in [3.05, 3.63) is 83.7 Å². The quantitative estimate of drug-likeness (QED) is 0.450. The zero-order chi connectivity index (χ0) is 18.6. The monoisotopic (exact) mass is 365 g/mol. The maximum Gasteiger partial charge on any atom is 0.416 e. The van der Waals surface area contributed by atoms with Crippen LogP contribution in [-0.2, 0) is 6.18 Å². The molecule has 0 aliphatic carbocycles. The molecule has 134 valence electrons. The molecule has 1 atom stereocenters. The fourth-order valence-corrected chi connectivity index (χ4v) is 3.86. The highest BCUT2D eigenvalue weighted by Crippen LogP contribution is 2.45. The molecular weight excluding hydrogens is 351 g/mol. The molecule has 0 amide bonds. The summed E-state index contributed by atoms with van der Waals surface area (Å²) in [6, 6.07) is 14.6. The zero-order valence-electron chi connectivity index (χ0n) is 14.0. The van der Waals surface area contributed by atoms with Gasteiger partial charge < -0.3 is 10.3 Å². The second-order valence-electron chi connectivity index (χ2n) is 6.53. The predicted octanol–water partition coefficient (Wildman–Crippen LogP) is 5.76. The highest BCUT2D eigenvalue weighted by Gasteiger charge is 2.37. The Morgan fingerprint density at radius 3 is 2.48 bits per heavy atom. The number of H-pyrrole nitrogens is 1. The van der Waals surface area contributed by atoms with E-state index in [-0.39, 0.29) is 5.56 Å². The van der Waals surface area contributed by atoms with Crippen molar-refractivity contribution in [2.24, 2.45) is 0 Å². The molecule has 2 aromatic carbocycles. The summed E-state index contributed by atoms with van der Waals surface area (Å²) in [5, 5.41) is 4.18. The summed E-state index contributed by atoms with van der Waals surface area (Å²) in [5.41, 5.74) is 3.66. The van der Waals surface area contributed by atoms with E-state index in [2.05, 4.69) is 15.3 Å². The van der Waals surface area contributed by atoms with Crippen molar-refractivity contribution in [3.63, 3.8) is 0 Å². The molecule has 0 saturated heterocycles. The standard InChI is InChI=1S/C21H14F3N3/c22-21(23,24)16-7-3-1-6-14(16)19-15-11-26-20-18(15)13(9-10-25-20)12-5-2-4-8-17(12)27-19/h1-11,19,27H,(H,25,26). The van der Waals surface area contributed by atoms with Gasteiger partial charge in [0.25, 0.3) is 0 Å². The van der Waals surface area contributed by atoms with Crippen LogP contribution in [0.1, 0.15) is 22.7 Å². The Kier molecular flexibility index (Phi) is 3.31. The third-order valence-electron chi connectivity index (χ3n) is 5.01. The molecular formula is C21H14F3N3. The van der Waals surface area contributed by atoms with Crippen LogP contribution >= 0.6 is 0 Å². The number of halogens is 3. The first kappa shape index (κ1) is 15.9. The summed E-state index contributed by atoms with van der Waals surface area (Å²) in [6.07, 6.45) is -0.978. The highest BCUT2D eigenvalue weighted by molar-refractivity contribution is 6.01. The Bertz CT molecular complexity index is 1160. The number of aromatic nitrogens is 2. The van der Waals surface area contributed by atoms with Crippen LogP contribution in [0.3, 0.4) is 0 Å². The van der Waals surface area contributed by atoms with Gasteiger partial charge in [0.2, 0.25) is 0 Å². The number of alkyl halides is 3. The molecule has 2 aromatic heterocycles. The summed E-state index contributed by atoms with van der Waals surface area (Å²) in [7, 11) is 0. The molecule has 4 aromatic rings. The molecule has 2 N–H and O–H groups in total. The van der Waals surface area contributed by atoms with Gasteiger partial charge in [0.05, 0.1) is 11.6 Å². The van der Waals surface area contributed by atoms with Crippen LogP contribution in [0.5, 0.6) is 0 Å². The van der Waals surface area contributed by atoms with Gasteiger partial charge in [-0.25, -0.2) is 4.98 Å². The summed E-state index contributed by atoms with van der Waals surface area (Å²) in [4.78, 5) is 7.46. The third kappa shape index (κ3) is 2.40. The number of nitrogens with one attached hydrogen (secondary N) is 2. The number of fused-ring (bicyclic) bond motifs is 2. The molecule has 0 radical (unpaired) electrons. The molecule has 3 heterocycles. The van der Waals surface area contributed by atoms with E-state index in [4.69, 9.17) is 0 Å². The van der Waals surface area contributed by atoms with Crippen molar-refractivity contribution < 1.29 is 13.2 Å². The number of rotatable bonds is 1. The number of nitrogens with zero attached hydrogens (tertiary/aromatic N) is 1. The predicted molar refractivity (Wildman–Crippen MR) is 98.4 cm³/mol. The minimum absolute atomic E-state index is 0.192. The minimum Gasteiger partial charge on any atom is -0.374 e. The van der Waals surface area contributed by atoms with Gasteiger partial charge in [-0.2, -0.15) is 13.2 Å². The lowest BCUT2D eigenvalue weighted by Gasteiger charge is -2.23. The summed E-state index contributed by atoms with van der Waals surface area (Å²) in [5.74, 6) is 0. The van der Waals surface area contributed by atoms with E-state index >= 15 is 0 Å². The average molecular weight is 365 g/mol. The number of hydrogen-bond donors (Lipinski definition) is 2. The van der Waals surface area contributed by atoms with Gasteiger partial charge in [0.1, 0.15) is 5.65 Å². The largest absolute Gasteiger partial charge is 0.416 e. The SMILES string of the molecule is FC(F)(F)c1ccccc1C1Nc2ccccc2-c2ccnc3[nH]cc1c23. The first-order chi connectivity index (χ1) is 13.0. The number of para-hydroxylation sites is 1. The molecule has 1 aliphatic heterocycles. The van der Waals surface area contributed by atoms with Gasteiger partial charge in [0.15, 0.2) is 0 Å². The normalized spacial score (nSPS) is 15.9. The topological polar surface area (TPSA) is 40.7 Å². The van der Waals surface area contributed by atoms with Crippen molar-refractivity contribution in [1.29, 1.82) is 0 Å². The third-order valence-corrected chi connectivity index (χ3v) is 5.01. The zero-order valence-corrected chi connectivity index (χ0v) is 14.0. The molecule has 0 fully saturated rings. The van der Waals surface area contributed by atoms with Crippen LogP contribution < -0.4 is 5.32 Å². The molecule has 1 aliphatic rings. The Morgan fingerprint density at radius 1 is 0.852 bits per heavy atom. The van der Waals surface area contributed by atoms with Gasteiger partial charge in [-0.3, -0.25) is 0 Å². The van der Waals surface area contributed by atoms with E-state index in [1.807, 2.05) is 30.3 Å². The minimum atomic E-state index is -4.43. The second kappa shape index (κ2) is 5.61. The van der Waals surface area contributed by atoms with Crippen molar-refractivity contribution in [1.82, 2.24) is 9.97 Å². The van der Waals surface area contributed by atoms with Gasteiger partial charge in [-0.05, 0) is 29.3 Å². The Balaban J connectivity index is 1.84. The summed E-state index contributed by atoms with van der Waals surface area (Å²) < 4.78 is 41.0. The van der Waals surface area contributed by atoms with E-state index in [1.54, 1.807) is 18.5 Å². The van der Waals surface area contributed by atoms with E-state index < -0.39 is 17.8 Å². The van der Waals surface area contributed by atoms with E-state index in [1.165, 1.54) is 12.1 Å². The van der Waals surface area contributed by atoms with E-state index in [9.17, 15) is 13.2 Å². The molecule has 0 saturated carbocycles. The Labute approximate surface area is 152 Å². The lowest BCUT2D eigenvalue weighted by Crippen LogP contribution is -2.17. The molecule has 6 heteroatoms. The van der Waals surface area contributed by atoms with Crippen LogP contribution in [0.2, 0.25) is 0 Å². The fourth-order valence-electron chi connectivity index (χ4n) is 3.86. The average Bonchev–Trinajstić information content (AvgIpc) is 3.03. The van der Waals surface area contributed by atoms with Crippen molar-refractivity contribution in [3.8, 4) is 11.1 Å². The van der Waals surface area contributed by atoms with Crippen LogP contribution in [0.4, 0.5) is 18.9 Å². The van der Waals surface area contributed by atoms with Gasteiger partial charge in [0, 0.05) is 34.6 Å². The van der Waals surface area contributed by atoms with Crippen LogP contribution in [0.15, 0.2) is 67.0 Å². The summed E-state index contributed by atoms with van der Waals surface area (Å²) in [6.45, 7) is 0. The summed E-state index contributed by atoms with van der Waals surface area (Å²) >= 11 is 0. The fraction of sp³-hybridized carbons (Fsp3) is 0.0952. The number of benzene rings is 2. The van der Waals surface area contributed by atoms with Gasteiger partial charge >= 0.3 is 6.18 Å². The molecule has 27 heavy (non-hydrogen) atoms. The van der Waals surface area contributed by atoms with Crippen molar-refractivity contribution in [2.75, 3.05) is 5.32 Å². The second-order valence-corrected chi connectivity index (χ2v) is 6.53. The number of pyridine rings is 1. The van der Waals surface area contributed by atoms with Gasteiger partial charge in [-0.15, -0.1) is 0 Å². The van der Waals surface area contributed by atoms with Crippen LogP contribution in [0, 0.1) is 0 Å². The first-order valence-electron chi connectivity index (χ1n) is 8.52. The molecule has 5 rings (SSSR count). The molecule has 0 bridgehead atoms. The maximum atomic E-state index is 13.7. The Hall–Kier alpha value is -3.28. The van der Waals surface area contributed by atoms with Gasteiger partial charge in [-0.1, -0.05) is 36.4 Å². The van der Waals surface area contributed by atoms with Crippen LogP contribution in [-0.4, -0.2) is 9.97 Å². The van der Waals surface area contributed by atoms with Crippen LogP contribution in [0.25, 0.3) is 22.2 Å². The lowest BCUT2D eigenvalue weighted by atomic mass is 9.93. The first-order valence-corrected chi connectivity index (χ1v) is 8.52. The molecule has 1 unspecified atom stereocenters. The molecule has 0 spiro atoms.